The minimum atomic E-state index is 0.149. The van der Waals surface area contributed by atoms with Crippen LogP contribution in [0.5, 0.6) is 6.01 Å². The summed E-state index contributed by atoms with van der Waals surface area (Å²) in [5, 5.41) is 0.149. The molecule has 1 aromatic rings. The maximum absolute atomic E-state index is 5.83. The van der Waals surface area contributed by atoms with Crippen LogP contribution in [0.2, 0.25) is 5.28 Å². The normalized spacial score (nSPS) is 16.6. The molecule has 0 aliphatic carbocycles. The highest BCUT2D eigenvalue weighted by atomic mass is 35.5. The monoisotopic (exact) mass is 272 g/mol. The Kier molecular flexibility index (Phi) is 4.54. The predicted molar refractivity (Wildman–Crippen MR) is 68.2 cm³/mol. The van der Waals surface area contributed by atoms with Crippen LogP contribution in [0, 0.1) is 5.92 Å². The average molecular weight is 273 g/mol. The maximum atomic E-state index is 5.83. The molecule has 100 valence electrons. The van der Waals surface area contributed by atoms with Gasteiger partial charge in [-0.2, -0.15) is 15.0 Å². The van der Waals surface area contributed by atoms with Gasteiger partial charge in [-0.15, -0.1) is 0 Å². The molecule has 1 aromatic heterocycles. The lowest BCUT2D eigenvalue weighted by molar-refractivity contribution is 0.0482. The smallest absolute Gasteiger partial charge is 0.322 e. The number of halogens is 1. The Morgan fingerprint density at radius 2 is 2.00 bits per heavy atom. The fourth-order valence-electron chi connectivity index (χ4n) is 1.69. The Morgan fingerprint density at radius 3 is 2.67 bits per heavy atom. The Labute approximate surface area is 111 Å². The Hall–Kier alpha value is -1.14. The molecule has 1 saturated heterocycles. The first kappa shape index (κ1) is 13.3. The zero-order chi connectivity index (χ0) is 13.0. The largest absolute Gasteiger partial charge is 0.463 e. The molecule has 0 aromatic carbocycles. The third kappa shape index (κ3) is 3.68. The SMILES string of the molecule is CN(C)c1nc(Cl)nc(OCC2CCOCC2)n1. The summed E-state index contributed by atoms with van der Waals surface area (Å²) in [7, 11) is 3.68. The second-order valence-corrected chi connectivity index (χ2v) is 4.79. The molecule has 0 saturated carbocycles. The highest BCUT2D eigenvalue weighted by Crippen LogP contribution is 2.17. The van der Waals surface area contributed by atoms with Crippen molar-refractivity contribution < 1.29 is 9.47 Å². The minimum absolute atomic E-state index is 0.149. The number of ether oxygens (including phenoxy) is 2. The molecule has 0 bridgehead atoms. The molecule has 1 aliphatic rings. The summed E-state index contributed by atoms with van der Waals surface area (Å²) in [6.45, 7) is 2.19. The molecule has 2 heterocycles. The Morgan fingerprint density at radius 1 is 1.28 bits per heavy atom. The summed E-state index contributed by atoms with van der Waals surface area (Å²) in [5.41, 5.74) is 0. The van der Waals surface area contributed by atoms with Crippen molar-refractivity contribution in [1.82, 2.24) is 15.0 Å². The van der Waals surface area contributed by atoms with Crippen LogP contribution >= 0.6 is 11.6 Å². The van der Waals surface area contributed by atoms with Crippen molar-refractivity contribution in [2.75, 3.05) is 38.8 Å². The lowest BCUT2D eigenvalue weighted by atomic mass is 10.0. The Bertz CT molecular complexity index is 397. The third-order valence-corrected chi connectivity index (χ3v) is 2.93. The minimum Gasteiger partial charge on any atom is -0.463 e. The molecule has 18 heavy (non-hydrogen) atoms. The van der Waals surface area contributed by atoms with Crippen molar-refractivity contribution in [3.63, 3.8) is 0 Å². The number of nitrogens with zero attached hydrogens (tertiary/aromatic N) is 4. The van der Waals surface area contributed by atoms with Gasteiger partial charge in [0.15, 0.2) is 0 Å². The summed E-state index contributed by atoms with van der Waals surface area (Å²) in [4.78, 5) is 13.9. The average Bonchev–Trinajstić information content (AvgIpc) is 2.37. The zero-order valence-electron chi connectivity index (χ0n) is 10.6. The number of hydrogen-bond donors (Lipinski definition) is 0. The standard InChI is InChI=1S/C11H17ClN4O2/c1-16(2)10-13-9(12)14-11(15-10)18-7-8-3-5-17-6-4-8/h8H,3-7H2,1-2H3. The molecule has 0 amide bonds. The van der Waals surface area contributed by atoms with Gasteiger partial charge in [0.2, 0.25) is 11.2 Å². The fourth-order valence-corrected chi connectivity index (χ4v) is 1.84. The van der Waals surface area contributed by atoms with Crippen LogP contribution in [0.3, 0.4) is 0 Å². The van der Waals surface area contributed by atoms with E-state index in [2.05, 4.69) is 15.0 Å². The first-order valence-electron chi connectivity index (χ1n) is 5.94. The van der Waals surface area contributed by atoms with E-state index in [0.717, 1.165) is 26.1 Å². The van der Waals surface area contributed by atoms with Crippen molar-refractivity contribution >= 4 is 17.5 Å². The van der Waals surface area contributed by atoms with E-state index in [1.165, 1.54) is 0 Å². The van der Waals surface area contributed by atoms with Crippen molar-refractivity contribution in [3.05, 3.63) is 5.28 Å². The van der Waals surface area contributed by atoms with Crippen LogP contribution in [-0.2, 0) is 4.74 Å². The maximum Gasteiger partial charge on any atom is 0.322 e. The fraction of sp³-hybridized carbons (Fsp3) is 0.727. The summed E-state index contributed by atoms with van der Waals surface area (Å²) < 4.78 is 10.9. The summed E-state index contributed by atoms with van der Waals surface area (Å²) in [6.07, 6.45) is 2.03. The van der Waals surface area contributed by atoms with Gasteiger partial charge >= 0.3 is 6.01 Å². The molecule has 1 fully saturated rings. The van der Waals surface area contributed by atoms with Gasteiger partial charge in [0.05, 0.1) is 6.61 Å². The van der Waals surface area contributed by atoms with E-state index in [0.29, 0.717) is 18.5 Å². The second-order valence-electron chi connectivity index (χ2n) is 4.45. The van der Waals surface area contributed by atoms with Gasteiger partial charge in [0, 0.05) is 27.3 Å². The number of aromatic nitrogens is 3. The summed E-state index contributed by atoms with van der Waals surface area (Å²) in [6, 6.07) is 0.283. The van der Waals surface area contributed by atoms with E-state index in [4.69, 9.17) is 21.1 Å². The molecule has 2 rings (SSSR count). The topological polar surface area (TPSA) is 60.4 Å². The third-order valence-electron chi connectivity index (χ3n) is 2.76. The highest BCUT2D eigenvalue weighted by Gasteiger charge is 2.16. The summed E-state index contributed by atoms with van der Waals surface area (Å²) in [5.74, 6) is 0.995. The van der Waals surface area contributed by atoms with Crippen molar-refractivity contribution in [2.24, 2.45) is 5.92 Å². The molecule has 0 unspecified atom stereocenters. The van der Waals surface area contributed by atoms with E-state index in [1.54, 1.807) is 4.90 Å². The van der Waals surface area contributed by atoms with E-state index in [-0.39, 0.29) is 11.3 Å². The van der Waals surface area contributed by atoms with Crippen LogP contribution in [-0.4, -0.2) is 48.9 Å². The van der Waals surface area contributed by atoms with Gasteiger partial charge in [-0.05, 0) is 30.4 Å². The van der Waals surface area contributed by atoms with Gasteiger partial charge in [0.1, 0.15) is 0 Å². The van der Waals surface area contributed by atoms with E-state index in [9.17, 15) is 0 Å². The van der Waals surface area contributed by atoms with Gasteiger partial charge in [-0.3, -0.25) is 0 Å². The summed E-state index contributed by atoms with van der Waals surface area (Å²) >= 11 is 5.83. The molecule has 0 radical (unpaired) electrons. The molecule has 1 aliphatic heterocycles. The van der Waals surface area contributed by atoms with Crippen LogP contribution in [0.15, 0.2) is 0 Å². The number of hydrogen-bond acceptors (Lipinski definition) is 6. The quantitative estimate of drug-likeness (QED) is 0.826. The van der Waals surface area contributed by atoms with E-state index < -0.39 is 0 Å². The molecular weight excluding hydrogens is 256 g/mol. The lowest BCUT2D eigenvalue weighted by Gasteiger charge is -2.21. The van der Waals surface area contributed by atoms with Crippen LogP contribution in [0.4, 0.5) is 5.95 Å². The van der Waals surface area contributed by atoms with Crippen LogP contribution in [0.25, 0.3) is 0 Å². The van der Waals surface area contributed by atoms with Crippen LogP contribution < -0.4 is 9.64 Å². The van der Waals surface area contributed by atoms with E-state index in [1.807, 2.05) is 14.1 Å². The predicted octanol–water partition coefficient (Wildman–Crippen LogP) is 1.40. The van der Waals surface area contributed by atoms with E-state index >= 15 is 0 Å². The molecular formula is C11H17ClN4O2. The first-order chi connectivity index (χ1) is 8.65. The first-order valence-corrected chi connectivity index (χ1v) is 6.32. The molecule has 0 atom stereocenters. The van der Waals surface area contributed by atoms with Crippen molar-refractivity contribution in [2.45, 2.75) is 12.8 Å². The van der Waals surface area contributed by atoms with Crippen LogP contribution in [0.1, 0.15) is 12.8 Å². The molecule has 0 spiro atoms. The number of rotatable bonds is 4. The van der Waals surface area contributed by atoms with Gasteiger partial charge in [-0.25, -0.2) is 0 Å². The second kappa shape index (κ2) is 6.15. The lowest BCUT2D eigenvalue weighted by Crippen LogP contribution is -2.22. The van der Waals surface area contributed by atoms with Crippen molar-refractivity contribution in [3.8, 4) is 6.01 Å². The van der Waals surface area contributed by atoms with Gasteiger partial charge in [-0.1, -0.05) is 0 Å². The molecule has 6 nitrogen and oxygen atoms in total. The van der Waals surface area contributed by atoms with Crippen molar-refractivity contribution in [1.29, 1.82) is 0 Å². The zero-order valence-corrected chi connectivity index (χ0v) is 11.4. The number of anilines is 1. The molecule has 0 N–H and O–H groups in total. The van der Waals surface area contributed by atoms with Gasteiger partial charge < -0.3 is 14.4 Å². The Balaban J connectivity index is 1.95. The highest BCUT2D eigenvalue weighted by molar-refractivity contribution is 6.28. The van der Waals surface area contributed by atoms with Gasteiger partial charge in [0.25, 0.3) is 0 Å². The molecule has 7 heteroatoms.